The lowest BCUT2D eigenvalue weighted by Gasteiger charge is -2.36. The van der Waals surface area contributed by atoms with Crippen LogP contribution in [-0.2, 0) is 21.5 Å². The number of H-pyrrole nitrogens is 1. The SMILES string of the molecule is CC(C)CCNC(=O)[C@@H](CC(C)C)N1C(=O)N2CCc3c([nH]c4ccccc34)[C@@]2(C)C1=O. The number of aromatic nitrogens is 1. The van der Waals surface area contributed by atoms with Crippen LogP contribution in [0.2, 0.25) is 0 Å². The third-order valence-electron chi connectivity index (χ3n) is 6.83. The number of nitrogens with zero attached hydrogens (tertiary/aromatic N) is 2. The van der Waals surface area contributed by atoms with E-state index < -0.39 is 11.6 Å². The standard InChI is InChI=1S/C25H34N4O3/c1-15(2)10-12-26-22(30)20(14-16(3)4)29-23(31)25(5)21-18(11-13-28(25)24(29)32)17-8-6-7-9-19(17)27-21/h6-9,15-16,20,27H,10-14H2,1-5H3,(H,26,30)/t20-,25+/m1/s1. The molecule has 2 aliphatic heterocycles. The highest BCUT2D eigenvalue weighted by Crippen LogP contribution is 2.44. The zero-order chi connectivity index (χ0) is 23.2. The van der Waals surface area contributed by atoms with Crippen molar-refractivity contribution in [2.75, 3.05) is 13.1 Å². The third kappa shape index (κ3) is 3.48. The van der Waals surface area contributed by atoms with Crippen molar-refractivity contribution in [1.29, 1.82) is 0 Å². The Kier molecular flexibility index (Phi) is 5.77. The second-order valence-electron chi connectivity index (χ2n) is 10.1. The van der Waals surface area contributed by atoms with Gasteiger partial charge in [0.1, 0.15) is 6.04 Å². The fourth-order valence-electron chi connectivity index (χ4n) is 5.07. The summed E-state index contributed by atoms with van der Waals surface area (Å²) in [7, 11) is 0. The van der Waals surface area contributed by atoms with E-state index in [9.17, 15) is 14.4 Å². The molecule has 4 amide bonds. The molecule has 3 heterocycles. The van der Waals surface area contributed by atoms with Gasteiger partial charge in [0.05, 0.1) is 5.69 Å². The van der Waals surface area contributed by atoms with Gasteiger partial charge in [-0.1, -0.05) is 45.9 Å². The van der Waals surface area contributed by atoms with Crippen molar-refractivity contribution in [3.63, 3.8) is 0 Å². The Bertz CT molecular complexity index is 1060. The highest BCUT2D eigenvalue weighted by Gasteiger charge is 2.60. The van der Waals surface area contributed by atoms with Gasteiger partial charge in [0.25, 0.3) is 5.91 Å². The first-order chi connectivity index (χ1) is 15.2. The Morgan fingerprint density at radius 2 is 1.88 bits per heavy atom. The number of fused-ring (bicyclic) bond motifs is 5. The molecule has 7 nitrogen and oxygen atoms in total. The summed E-state index contributed by atoms with van der Waals surface area (Å²) >= 11 is 0. The van der Waals surface area contributed by atoms with E-state index in [0.717, 1.165) is 28.6 Å². The van der Waals surface area contributed by atoms with Crippen LogP contribution >= 0.6 is 0 Å². The summed E-state index contributed by atoms with van der Waals surface area (Å²) in [6, 6.07) is 6.80. The summed E-state index contributed by atoms with van der Waals surface area (Å²) in [6.07, 6.45) is 1.97. The lowest BCUT2D eigenvalue weighted by atomic mass is 9.87. The molecule has 1 saturated heterocycles. The Hall–Kier alpha value is -2.83. The largest absolute Gasteiger partial charge is 0.356 e. The molecule has 0 spiro atoms. The molecule has 0 radical (unpaired) electrons. The summed E-state index contributed by atoms with van der Waals surface area (Å²) in [4.78, 5) is 46.8. The number of hydrogen-bond donors (Lipinski definition) is 2. The van der Waals surface area contributed by atoms with Gasteiger partial charge in [-0.25, -0.2) is 9.69 Å². The average molecular weight is 439 g/mol. The first-order valence-electron chi connectivity index (χ1n) is 11.7. The fourth-order valence-corrected chi connectivity index (χ4v) is 5.07. The summed E-state index contributed by atoms with van der Waals surface area (Å²) < 4.78 is 0. The Morgan fingerprint density at radius 3 is 2.56 bits per heavy atom. The van der Waals surface area contributed by atoms with Crippen LogP contribution in [-0.4, -0.2) is 51.8 Å². The summed E-state index contributed by atoms with van der Waals surface area (Å²) in [5, 5.41) is 4.05. The molecule has 2 aliphatic rings. The van der Waals surface area contributed by atoms with Gasteiger partial charge in [-0.15, -0.1) is 0 Å². The van der Waals surface area contributed by atoms with E-state index in [1.165, 1.54) is 4.90 Å². The van der Waals surface area contributed by atoms with E-state index in [0.29, 0.717) is 31.8 Å². The number of nitrogens with one attached hydrogen (secondary N) is 2. The molecule has 0 aliphatic carbocycles. The number of imide groups is 1. The predicted octanol–water partition coefficient (Wildman–Crippen LogP) is 3.78. The van der Waals surface area contributed by atoms with E-state index in [1.807, 2.05) is 45.0 Å². The molecular formula is C25H34N4O3. The zero-order valence-electron chi connectivity index (χ0n) is 19.7. The minimum atomic E-state index is -1.13. The molecule has 0 saturated carbocycles. The summed E-state index contributed by atoms with van der Waals surface area (Å²) in [5.41, 5.74) is 1.69. The van der Waals surface area contributed by atoms with Crippen molar-refractivity contribution in [3.05, 3.63) is 35.5 Å². The van der Waals surface area contributed by atoms with Crippen LogP contribution in [0.25, 0.3) is 10.9 Å². The van der Waals surface area contributed by atoms with Crippen LogP contribution in [0.1, 0.15) is 58.7 Å². The van der Waals surface area contributed by atoms with Gasteiger partial charge in [-0.3, -0.25) is 9.59 Å². The van der Waals surface area contributed by atoms with Crippen LogP contribution in [0.15, 0.2) is 24.3 Å². The lowest BCUT2D eigenvalue weighted by Crippen LogP contribution is -2.51. The Balaban J connectivity index is 1.70. The first kappa shape index (κ1) is 22.4. The van der Waals surface area contributed by atoms with Crippen LogP contribution in [0.5, 0.6) is 0 Å². The van der Waals surface area contributed by atoms with E-state index >= 15 is 0 Å². The molecule has 2 N–H and O–H groups in total. The number of para-hydroxylation sites is 1. The normalized spacial score (nSPS) is 21.5. The van der Waals surface area contributed by atoms with E-state index in [2.05, 4.69) is 24.1 Å². The quantitative estimate of drug-likeness (QED) is 0.645. The molecule has 2 atom stereocenters. The minimum absolute atomic E-state index is 0.158. The van der Waals surface area contributed by atoms with Gasteiger partial charge < -0.3 is 15.2 Å². The molecular weight excluding hydrogens is 404 g/mol. The monoisotopic (exact) mass is 438 g/mol. The molecule has 7 heteroatoms. The van der Waals surface area contributed by atoms with Crippen LogP contribution in [0.4, 0.5) is 4.79 Å². The third-order valence-corrected chi connectivity index (χ3v) is 6.83. The van der Waals surface area contributed by atoms with Gasteiger partial charge in [0.2, 0.25) is 5.91 Å². The van der Waals surface area contributed by atoms with Crippen molar-refractivity contribution in [3.8, 4) is 0 Å². The van der Waals surface area contributed by atoms with Gasteiger partial charge >= 0.3 is 6.03 Å². The van der Waals surface area contributed by atoms with Gasteiger partial charge in [0.15, 0.2) is 5.54 Å². The molecule has 32 heavy (non-hydrogen) atoms. The summed E-state index contributed by atoms with van der Waals surface area (Å²) in [5.74, 6) is 0.0498. The molecule has 4 rings (SSSR count). The molecule has 0 unspecified atom stereocenters. The number of urea groups is 1. The minimum Gasteiger partial charge on any atom is -0.356 e. The number of hydrogen-bond acceptors (Lipinski definition) is 3. The Morgan fingerprint density at radius 1 is 1.16 bits per heavy atom. The van der Waals surface area contributed by atoms with Crippen LogP contribution in [0.3, 0.4) is 0 Å². The lowest BCUT2D eigenvalue weighted by molar-refractivity contribution is -0.140. The van der Waals surface area contributed by atoms with E-state index in [-0.39, 0.29) is 23.8 Å². The topological polar surface area (TPSA) is 85.5 Å². The van der Waals surface area contributed by atoms with Gasteiger partial charge in [-0.05, 0) is 49.7 Å². The predicted molar refractivity (Wildman–Crippen MR) is 124 cm³/mol. The molecule has 2 aromatic rings. The zero-order valence-corrected chi connectivity index (χ0v) is 19.7. The smallest absolute Gasteiger partial charge is 0.328 e. The highest BCUT2D eigenvalue weighted by atomic mass is 16.2. The first-order valence-corrected chi connectivity index (χ1v) is 11.7. The number of carbonyl (C=O) groups excluding carboxylic acids is 3. The van der Waals surface area contributed by atoms with Crippen molar-refractivity contribution in [2.24, 2.45) is 11.8 Å². The molecule has 0 bridgehead atoms. The number of carbonyl (C=O) groups is 3. The highest BCUT2D eigenvalue weighted by molar-refractivity contribution is 6.11. The second kappa shape index (κ2) is 8.26. The number of rotatable bonds is 7. The molecule has 1 fully saturated rings. The number of amides is 4. The molecule has 1 aromatic heterocycles. The van der Waals surface area contributed by atoms with Crippen molar-refractivity contribution < 1.29 is 14.4 Å². The average Bonchev–Trinajstić information content (AvgIpc) is 3.20. The maximum atomic E-state index is 13.9. The van der Waals surface area contributed by atoms with Crippen LogP contribution in [0, 0.1) is 11.8 Å². The number of benzene rings is 1. The number of aromatic amines is 1. The van der Waals surface area contributed by atoms with E-state index in [4.69, 9.17) is 0 Å². The maximum Gasteiger partial charge on any atom is 0.328 e. The van der Waals surface area contributed by atoms with Crippen molar-refractivity contribution in [2.45, 2.75) is 65.5 Å². The van der Waals surface area contributed by atoms with Crippen LogP contribution < -0.4 is 5.32 Å². The van der Waals surface area contributed by atoms with Crippen molar-refractivity contribution >= 4 is 28.7 Å². The molecule has 1 aromatic carbocycles. The van der Waals surface area contributed by atoms with Gasteiger partial charge in [0, 0.05) is 24.0 Å². The fraction of sp³-hybridized carbons (Fsp3) is 0.560. The second-order valence-corrected chi connectivity index (χ2v) is 10.1. The van der Waals surface area contributed by atoms with Crippen molar-refractivity contribution in [1.82, 2.24) is 20.1 Å². The maximum absolute atomic E-state index is 13.9. The molecule has 172 valence electrons. The Labute approximate surface area is 189 Å². The van der Waals surface area contributed by atoms with Gasteiger partial charge in [-0.2, -0.15) is 0 Å². The summed E-state index contributed by atoms with van der Waals surface area (Å²) in [6.45, 7) is 11.0. The van der Waals surface area contributed by atoms with E-state index in [1.54, 1.807) is 4.90 Å².